The summed E-state index contributed by atoms with van der Waals surface area (Å²) in [6.07, 6.45) is 0.698. The number of halogens is 1. The second-order valence-corrected chi connectivity index (χ2v) is 5.16. The number of rotatable bonds is 5. The van der Waals surface area contributed by atoms with Crippen LogP contribution in [-0.2, 0) is 11.2 Å². The molecule has 0 spiro atoms. The number of carbonyl (C=O) groups excluding carboxylic acids is 1. The van der Waals surface area contributed by atoms with Gasteiger partial charge in [-0.15, -0.1) is 0 Å². The molecule has 3 aromatic rings. The molecule has 0 unspecified atom stereocenters. The van der Waals surface area contributed by atoms with Crippen LogP contribution in [0.3, 0.4) is 0 Å². The molecule has 116 valence electrons. The van der Waals surface area contributed by atoms with Crippen molar-refractivity contribution in [3.63, 3.8) is 0 Å². The maximum atomic E-state index is 13.5. The molecule has 0 saturated heterocycles. The van der Waals surface area contributed by atoms with Gasteiger partial charge in [-0.3, -0.25) is 4.79 Å². The highest BCUT2D eigenvalue weighted by Crippen LogP contribution is 2.22. The third-order valence-electron chi connectivity index (χ3n) is 3.47. The van der Waals surface area contributed by atoms with Crippen molar-refractivity contribution in [1.82, 2.24) is 0 Å². The molecule has 3 nitrogen and oxygen atoms in total. The zero-order valence-electron chi connectivity index (χ0n) is 12.5. The summed E-state index contributed by atoms with van der Waals surface area (Å²) in [5, 5.41) is 2.56. The van der Waals surface area contributed by atoms with Crippen molar-refractivity contribution in [3.05, 3.63) is 78.3 Å². The zero-order valence-corrected chi connectivity index (χ0v) is 12.5. The van der Waals surface area contributed by atoms with E-state index < -0.39 is 5.82 Å². The summed E-state index contributed by atoms with van der Waals surface area (Å²) in [6, 6.07) is 19.6. The summed E-state index contributed by atoms with van der Waals surface area (Å²) in [7, 11) is 0. The average Bonchev–Trinajstić information content (AvgIpc) is 3.05. The van der Waals surface area contributed by atoms with E-state index in [0.29, 0.717) is 6.42 Å². The Morgan fingerprint density at radius 3 is 2.48 bits per heavy atom. The highest BCUT2D eigenvalue weighted by atomic mass is 19.1. The Morgan fingerprint density at radius 2 is 1.70 bits per heavy atom. The second kappa shape index (κ2) is 6.92. The standard InChI is InChI=1S/C19H16FNO2/c20-16-8-4-5-9-17(16)21-19(22)13-11-15-10-12-18(23-15)14-6-2-1-3-7-14/h1-10,12H,11,13H2,(H,21,22). The minimum absolute atomic E-state index is 0.196. The first-order chi connectivity index (χ1) is 11.2. The maximum absolute atomic E-state index is 13.5. The van der Waals surface area contributed by atoms with E-state index in [-0.39, 0.29) is 18.0 Å². The Bertz CT molecular complexity index is 796. The molecule has 1 amide bonds. The summed E-state index contributed by atoms with van der Waals surface area (Å²) in [4.78, 5) is 11.9. The van der Waals surface area contributed by atoms with E-state index in [4.69, 9.17) is 4.42 Å². The number of hydrogen-bond acceptors (Lipinski definition) is 2. The van der Waals surface area contributed by atoms with E-state index in [1.807, 2.05) is 42.5 Å². The summed E-state index contributed by atoms with van der Waals surface area (Å²) in [5.41, 5.74) is 1.19. The molecule has 3 rings (SSSR count). The monoisotopic (exact) mass is 309 g/mol. The Hall–Kier alpha value is -2.88. The highest BCUT2D eigenvalue weighted by Gasteiger charge is 2.09. The van der Waals surface area contributed by atoms with E-state index in [1.54, 1.807) is 12.1 Å². The summed E-state index contributed by atoms with van der Waals surface area (Å²) in [5.74, 6) is 0.820. The van der Waals surface area contributed by atoms with Gasteiger partial charge in [0.1, 0.15) is 17.3 Å². The van der Waals surface area contributed by atoms with E-state index in [0.717, 1.165) is 17.1 Å². The van der Waals surface area contributed by atoms with Crippen LogP contribution in [0.2, 0.25) is 0 Å². The minimum Gasteiger partial charge on any atom is -0.461 e. The number of anilines is 1. The van der Waals surface area contributed by atoms with E-state index in [9.17, 15) is 9.18 Å². The van der Waals surface area contributed by atoms with Gasteiger partial charge in [0.2, 0.25) is 5.91 Å². The second-order valence-electron chi connectivity index (χ2n) is 5.16. The molecular weight excluding hydrogens is 293 g/mol. The number of furan rings is 1. The van der Waals surface area contributed by atoms with Crippen LogP contribution in [0.5, 0.6) is 0 Å². The SMILES string of the molecule is O=C(CCc1ccc(-c2ccccc2)o1)Nc1ccccc1F. The topological polar surface area (TPSA) is 42.2 Å². The molecule has 1 N–H and O–H groups in total. The summed E-state index contributed by atoms with van der Waals surface area (Å²) in [6.45, 7) is 0. The summed E-state index contributed by atoms with van der Waals surface area (Å²) < 4.78 is 19.2. The van der Waals surface area contributed by atoms with Crippen LogP contribution < -0.4 is 5.32 Å². The van der Waals surface area contributed by atoms with Crippen molar-refractivity contribution >= 4 is 11.6 Å². The van der Waals surface area contributed by atoms with Crippen LogP contribution in [0, 0.1) is 5.82 Å². The predicted molar refractivity (Wildman–Crippen MR) is 87.5 cm³/mol. The first kappa shape index (κ1) is 15.0. The van der Waals surface area contributed by atoms with E-state index in [2.05, 4.69) is 5.32 Å². The Morgan fingerprint density at radius 1 is 0.957 bits per heavy atom. The number of benzene rings is 2. The molecule has 0 radical (unpaired) electrons. The molecule has 0 saturated carbocycles. The molecule has 0 bridgehead atoms. The lowest BCUT2D eigenvalue weighted by Crippen LogP contribution is -2.13. The molecular formula is C19H16FNO2. The molecule has 0 fully saturated rings. The Labute approximate surface area is 133 Å². The van der Waals surface area contributed by atoms with Gasteiger partial charge in [-0.05, 0) is 24.3 Å². The number of carbonyl (C=O) groups is 1. The fraction of sp³-hybridized carbons (Fsp3) is 0.105. The number of hydrogen-bond donors (Lipinski definition) is 1. The van der Waals surface area contributed by atoms with Crippen LogP contribution in [0.1, 0.15) is 12.2 Å². The normalized spacial score (nSPS) is 10.5. The van der Waals surface area contributed by atoms with E-state index in [1.165, 1.54) is 12.1 Å². The van der Waals surface area contributed by atoms with Crippen LogP contribution in [0.4, 0.5) is 10.1 Å². The zero-order chi connectivity index (χ0) is 16.1. The quantitative estimate of drug-likeness (QED) is 0.745. The van der Waals surface area contributed by atoms with Crippen molar-refractivity contribution in [1.29, 1.82) is 0 Å². The summed E-state index contributed by atoms with van der Waals surface area (Å²) >= 11 is 0. The van der Waals surface area contributed by atoms with Gasteiger partial charge in [0, 0.05) is 18.4 Å². The molecule has 1 heterocycles. The smallest absolute Gasteiger partial charge is 0.224 e. The molecule has 0 atom stereocenters. The van der Waals surface area contributed by atoms with Gasteiger partial charge in [-0.2, -0.15) is 0 Å². The fourth-order valence-electron chi connectivity index (χ4n) is 2.28. The molecule has 0 aliphatic carbocycles. The largest absolute Gasteiger partial charge is 0.461 e. The lowest BCUT2D eigenvalue weighted by atomic mass is 10.2. The molecule has 0 aliphatic heterocycles. The van der Waals surface area contributed by atoms with Gasteiger partial charge in [0.05, 0.1) is 5.69 Å². The molecule has 2 aromatic carbocycles. The van der Waals surface area contributed by atoms with Crippen LogP contribution >= 0.6 is 0 Å². The number of aryl methyl sites for hydroxylation is 1. The molecule has 0 aliphatic rings. The van der Waals surface area contributed by atoms with Crippen molar-refractivity contribution in [3.8, 4) is 11.3 Å². The van der Waals surface area contributed by atoms with Gasteiger partial charge >= 0.3 is 0 Å². The average molecular weight is 309 g/mol. The van der Waals surface area contributed by atoms with Gasteiger partial charge in [-0.1, -0.05) is 42.5 Å². The van der Waals surface area contributed by atoms with Crippen LogP contribution in [0.15, 0.2) is 71.1 Å². The number of nitrogens with one attached hydrogen (secondary N) is 1. The van der Waals surface area contributed by atoms with Crippen molar-refractivity contribution in [2.24, 2.45) is 0 Å². The predicted octanol–water partition coefficient (Wildman–Crippen LogP) is 4.66. The van der Waals surface area contributed by atoms with Gasteiger partial charge in [0.15, 0.2) is 0 Å². The fourth-order valence-corrected chi connectivity index (χ4v) is 2.28. The number of amides is 1. The first-order valence-corrected chi connectivity index (χ1v) is 7.41. The van der Waals surface area contributed by atoms with Crippen molar-refractivity contribution in [2.45, 2.75) is 12.8 Å². The first-order valence-electron chi connectivity index (χ1n) is 7.41. The lowest BCUT2D eigenvalue weighted by Gasteiger charge is -2.05. The van der Waals surface area contributed by atoms with Crippen LogP contribution in [0.25, 0.3) is 11.3 Å². The third-order valence-corrected chi connectivity index (χ3v) is 3.47. The van der Waals surface area contributed by atoms with E-state index >= 15 is 0 Å². The maximum Gasteiger partial charge on any atom is 0.224 e. The Balaban J connectivity index is 1.58. The van der Waals surface area contributed by atoms with Crippen molar-refractivity contribution < 1.29 is 13.6 Å². The minimum atomic E-state index is -0.440. The van der Waals surface area contributed by atoms with Gasteiger partial charge in [0.25, 0.3) is 0 Å². The van der Waals surface area contributed by atoms with Gasteiger partial charge < -0.3 is 9.73 Å². The molecule has 4 heteroatoms. The van der Waals surface area contributed by atoms with Gasteiger partial charge in [-0.25, -0.2) is 4.39 Å². The Kier molecular flexibility index (Phi) is 4.52. The van der Waals surface area contributed by atoms with Crippen molar-refractivity contribution in [2.75, 3.05) is 5.32 Å². The molecule has 1 aromatic heterocycles. The molecule has 23 heavy (non-hydrogen) atoms. The third kappa shape index (κ3) is 3.86. The number of para-hydroxylation sites is 1. The lowest BCUT2D eigenvalue weighted by molar-refractivity contribution is -0.116. The highest BCUT2D eigenvalue weighted by molar-refractivity contribution is 5.90. The van der Waals surface area contributed by atoms with Crippen LogP contribution in [-0.4, -0.2) is 5.91 Å².